The Labute approximate surface area is 152 Å². The third-order valence-electron chi connectivity index (χ3n) is 4.03. The minimum Gasteiger partial charge on any atom is -0.341 e. The maximum absolute atomic E-state index is 12.3. The topological polar surface area (TPSA) is 110 Å². The summed E-state index contributed by atoms with van der Waals surface area (Å²) in [5.74, 6) is 0.135. The molecule has 1 fully saturated rings. The van der Waals surface area contributed by atoms with Crippen LogP contribution < -0.4 is 0 Å². The van der Waals surface area contributed by atoms with Crippen LogP contribution in [0.25, 0.3) is 10.2 Å². The van der Waals surface area contributed by atoms with Crippen molar-refractivity contribution in [2.45, 2.75) is 16.8 Å². The van der Waals surface area contributed by atoms with E-state index in [4.69, 9.17) is 0 Å². The number of nitro benzene ring substituents is 1. The molecule has 0 radical (unpaired) electrons. The van der Waals surface area contributed by atoms with Crippen molar-refractivity contribution in [2.75, 3.05) is 24.3 Å². The van der Waals surface area contributed by atoms with E-state index in [1.807, 2.05) is 0 Å². The predicted molar refractivity (Wildman–Crippen MR) is 96.8 cm³/mol. The lowest BCUT2D eigenvalue weighted by atomic mass is 10.2. The number of nitrogens with zero attached hydrogens (tertiary/aromatic N) is 3. The summed E-state index contributed by atoms with van der Waals surface area (Å²) in [7, 11) is -1.41. The highest BCUT2D eigenvalue weighted by molar-refractivity contribution is 8.01. The van der Waals surface area contributed by atoms with Gasteiger partial charge in [0.1, 0.15) is 0 Å². The molecule has 3 rings (SSSR count). The Hall–Kier alpha value is -1.72. The van der Waals surface area contributed by atoms with E-state index in [1.54, 1.807) is 13.1 Å². The smallest absolute Gasteiger partial charge is 0.270 e. The van der Waals surface area contributed by atoms with Crippen molar-refractivity contribution in [3.05, 3.63) is 28.3 Å². The molecule has 0 N–H and O–H groups in total. The van der Waals surface area contributed by atoms with E-state index in [2.05, 4.69) is 4.98 Å². The van der Waals surface area contributed by atoms with Crippen LogP contribution in [0.1, 0.15) is 6.42 Å². The molecule has 0 aliphatic carbocycles. The van der Waals surface area contributed by atoms with Crippen molar-refractivity contribution in [1.82, 2.24) is 9.88 Å². The highest BCUT2D eigenvalue weighted by Gasteiger charge is 2.32. The van der Waals surface area contributed by atoms with E-state index in [0.717, 1.165) is 0 Å². The van der Waals surface area contributed by atoms with E-state index in [9.17, 15) is 23.3 Å². The Morgan fingerprint density at radius 3 is 2.92 bits per heavy atom. The highest BCUT2D eigenvalue weighted by Crippen LogP contribution is 2.32. The third-order valence-corrected chi connectivity index (χ3v) is 7.93. The number of non-ortho nitro benzene ring substituents is 1. The fraction of sp³-hybridized carbons (Fsp3) is 0.429. The number of carbonyl (C=O) groups is 1. The van der Waals surface area contributed by atoms with Crippen LogP contribution in [0.15, 0.2) is 22.5 Å². The number of carbonyl (C=O) groups excluding carboxylic acids is 1. The van der Waals surface area contributed by atoms with Gasteiger partial charge in [-0.05, 0) is 12.5 Å². The molecule has 1 amide bonds. The SMILES string of the molecule is CN(C(=O)CSc1nc2ccc([N+](=O)[O-])cc2s1)[C@@H]1CCS(=O)(=O)C1. The summed E-state index contributed by atoms with van der Waals surface area (Å²) in [6.07, 6.45) is 0.472. The van der Waals surface area contributed by atoms with Crippen LogP contribution in [0.5, 0.6) is 0 Å². The zero-order chi connectivity index (χ0) is 18.2. The molecule has 1 aromatic carbocycles. The van der Waals surface area contributed by atoms with Crippen molar-refractivity contribution in [3.8, 4) is 0 Å². The normalized spacial score (nSPS) is 19.2. The van der Waals surface area contributed by atoms with E-state index >= 15 is 0 Å². The highest BCUT2D eigenvalue weighted by atomic mass is 32.2. The number of rotatable bonds is 5. The van der Waals surface area contributed by atoms with Crippen molar-refractivity contribution in [2.24, 2.45) is 0 Å². The molecule has 2 heterocycles. The molecule has 0 saturated carbocycles. The van der Waals surface area contributed by atoms with Gasteiger partial charge >= 0.3 is 0 Å². The Morgan fingerprint density at radius 1 is 1.52 bits per heavy atom. The Bertz CT molecular complexity index is 940. The number of nitro groups is 1. The minimum atomic E-state index is -3.04. The summed E-state index contributed by atoms with van der Waals surface area (Å²) in [4.78, 5) is 28.5. The summed E-state index contributed by atoms with van der Waals surface area (Å²) in [5.41, 5.74) is 0.659. The standard InChI is InChI=1S/C14H15N3O5S3/c1-16(10-4-5-25(21,22)8-10)13(18)7-23-14-15-11-3-2-9(17(19)20)6-12(11)24-14/h2-3,6,10H,4-5,7-8H2,1H3/t10-/m1/s1. The number of hydrogen-bond donors (Lipinski definition) is 0. The number of fused-ring (bicyclic) bond motifs is 1. The van der Waals surface area contributed by atoms with Crippen LogP contribution in [-0.4, -0.2) is 59.5 Å². The Morgan fingerprint density at radius 2 is 2.28 bits per heavy atom. The molecule has 11 heteroatoms. The number of benzene rings is 1. The van der Waals surface area contributed by atoms with Crippen LogP contribution in [0.2, 0.25) is 0 Å². The molecule has 1 saturated heterocycles. The maximum atomic E-state index is 12.3. The van der Waals surface area contributed by atoms with Crippen LogP contribution in [0, 0.1) is 10.1 Å². The zero-order valence-electron chi connectivity index (χ0n) is 13.2. The number of hydrogen-bond acceptors (Lipinski definition) is 8. The molecule has 0 bridgehead atoms. The second-order valence-corrected chi connectivity index (χ2v) is 10.2. The van der Waals surface area contributed by atoms with Gasteiger partial charge in [-0.1, -0.05) is 11.8 Å². The van der Waals surface area contributed by atoms with Crippen molar-refractivity contribution in [1.29, 1.82) is 0 Å². The summed E-state index contributed by atoms with van der Waals surface area (Å²) in [5, 5.41) is 10.8. The lowest BCUT2D eigenvalue weighted by molar-refractivity contribution is -0.384. The Kier molecular flexibility index (Phi) is 4.98. The van der Waals surface area contributed by atoms with Gasteiger partial charge in [-0.2, -0.15) is 0 Å². The van der Waals surface area contributed by atoms with E-state index < -0.39 is 14.8 Å². The predicted octanol–water partition coefficient (Wildman–Crippen LogP) is 1.94. The quantitative estimate of drug-likeness (QED) is 0.428. The largest absolute Gasteiger partial charge is 0.341 e. The number of thiazole rings is 1. The van der Waals surface area contributed by atoms with E-state index in [1.165, 1.54) is 40.1 Å². The first-order valence-electron chi connectivity index (χ1n) is 7.39. The molecule has 0 unspecified atom stereocenters. The molecular formula is C14H15N3O5S3. The molecule has 1 atom stereocenters. The fourth-order valence-corrected chi connectivity index (χ4v) is 6.38. The van der Waals surface area contributed by atoms with Crippen molar-refractivity contribution in [3.63, 3.8) is 0 Å². The Balaban J connectivity index is 1.64. The molecule has 8 nitrogen and oxygen atoms in total. The monoisotopic (exact) mass is 401 g/mol. The van der Waals surface area contributed by atoms with Gasteiger partial charge in [0.15, 0.2) is 14.2 Å². The molecule has 1 aliphatic rings. The summed E-state index contributed by atoms with van der Waals surface area (Å²) in [6, 6.07) is 4.19. The van der Waals surface area contributed by atoms with E-state index in [-0.39, 0.29) is 34.9 Å². The molecule has 25 heavy (non-hydrogen) atoms. The average molecular weight is 401 g/mol. The van der Waals surface area contributed by atoms with Crippen molar-refractivity contribution < 1.29 is 18.1 Å². The average Bonchev–Trinajstić information content (AvgIpc) is 3.13. The summed E-state index contributed by atoms with van der Waals surface area (Å²) < 4.78 is 24.4. The molecule has 2 aromatic rings. The van der Waals surface area contributed by atoms with E-state index in [0.29, 0.717) is 21.0 Å². The lowest BCUT2D eigenvalue weighted by Crippen LogP contribution is -2.38. The van der Waals surface area contributed by atoms with Gasteiger partial charge in [-0.15, -0.1) is 11.3 Å². The van der Waals surface area contributed by atoms with Crippen LogP contribution in [0.3, 0.4) is 0 Å². The van der Waals surface area contributed by atoms with Gasteiger partial charge in [-0.25, -0.2) is 13.4 Å². The molecule has 1 aliphatic heterocycles. The van der Waals surface area contributed by atoms with Gasteiger partial charge in [0, 0.05) is 25.2 Å². The summed E-state index contributed by atoms with van der Waals surface area (Å²) >= 11 is 2.55. The van der Waals surface area contributed by atoms with Crippen LogP contribution >= 0.6 is 23.1 Å². The van der Waals surface area contributed by atoms with Gasteiger partial charge < -0.3 is 4.90 Å². The summed E-state index contributed by atoms with van der Waals surface area (Å²) in [6.45, 7) is 0. The number of amides is 1. The second kappa shape index (κ2) is 6.89. The van der Waals surface area contributed by atoms with Crippen LogP contribution in [0.4, 0.5) is 5.69 Å². The van der Waals surface area contributed by atoms with Crippen molar-refractivity contribution >= 4 is 54.7 Å². The lowest BCUT2D eigenvalue weighted by Gasteiger charge is -2.22. The minimum absolute atomic E-state index is 0.00551. The molecule has 1 aromatic heterocycles. The van der Waals surface area contributed by atoms with Gasteiger partial charge in [0.05, 0.1) is 32.4 Å². The van der Waals surface area contributed by atoms with Gasteiger partial charge in [0.25, 0.3) is 5.69 Å². The first-order valence-corrected chi connectivity index (χ1v) is 11.0. The van der Waals surface area contributed by atoms with Gasteiger partial charge in [-0.3, -0.25) is 14.9 Å². The van der Waals surface area contributed by atoms with Gasteiger partial charge in [0.2, 0.25) is 5.91 Å². The number of sulfone groups is 1. The molecule has 0 spiro atoms. The zero-order valence-corrected chi connectivity index (χ0v) is 15.7. The molecule has 134 valence electrons. The van der Waals surface area contributed by atoms with Crippen LogP contribution in [-0.2, 0) is 14.6 Å². The number of aromatic nitrogens is 1. The second-order valence-electron chi connectivity index (χ2n) is 5.74. The first kappa shape index (κ1) is 18.1. The fourth-order valence-electron chi connectivity index (χ4n) is 2.58. The number of thioether (sulfide) groups is 1. The first-order chi connectivity index (χ1) is 11.7. The maximum Gasteiger partial charge on any atom is 0.270 e. The third kappa shape index (κ3) is 4.10. The molecular weight excluding hydrogens is 386 g/mol.